The first-order chi connectivity index (χ1) is 8.72. The predicted molar refractivity (Wildman–Crippen MR) is 83.3 cm³/mol. The summed E-state index contributed by atoms with van der Waals surface area (Å²) in [6.45, 7) is 2.18. The molecule has 1 nitrogen and oxygen atoms in total. The van der Waals surface area contributed by atoms with Gasteiger partial charge in [-0.2, -0.15) is 0 Å². The van der Waals surface area contributed by atoms with Crippen LogP contribution in [0.5, 0.6) is 0 Å². The number of rotatable bonds is 5. The van der Waals surface area contributed by atoms with Gasteiger partial charge in [-0.3, -0.25) is 0 Å². The van der Waals surface area contributed by atoms with E-state index >= 15 is 0 Å². The largest absolute Gasteiger partial charge is 0.313 e. The third-order valence-corrected chi connectivity index (χ3v) is 5.09. The molecule has 1 atom stereocenters. The highest BCUT2D eigenvalue weighted by Crippen LogP contribution is 2.27. The summed E-state index contributed by atoms with van der Waals surface area (Å²) in [7, 11) is 2.04. The van der Waals surface area contributed by atoms with Gasteiger partial charge in [-0.1, -0.05) is 34.1 Å². The maximum absolute atomic E-state index is 3.61. The zero-order valence-corrected chi connectivity index (χ0v) is 13.1. The molecular formula is C15H18BrNS. The van der Waals surface area contributed by atoms with E-state index < -0.39 is 0 Å². The number of aryl methyl sites for hydroxylation is 1. The number of hydrogen-bond acceptors (Lipinski definition) is 2. The van der Waals surface area contributed by atoms with Gasteiger partial charge in [0.2, 0.25) is 0 Å². The van der Waals surface area contributed by atoms with Gasteiger partial charge < -0.3 is 5.32 Å². The summed E-state index contributed by atoms with van der Waals surface area (Å²) in [6, 6.07) is 11.2. The van der Waals surface area contributed by atoms with Crippen LogP contribution >= 0.6 is 27.3 Å². The molecule has 0 spiro atoms. The van der Waals surface area contributed by atoms with Crippen LogP contribution in [0.3, 0.4) is 0 Å². The Balaban J connectivity index is 2.10. The van der Waals surface area contributed by atoms with E-state index in [1.165, 1.54) is 20.5 Å². The Morgan fingerprint density at radius 3 is 2.78 bits per heavy atom. The highest BCUT2D eigenvalue weighted by molar-refractivity contribution is 9.10. The summed E-state index contributed by atoms with van der Waals surface area (Å²) >= 11 is 5.45. The van der Waals surface area contributed by atoms with E-state index in [4.69, 9.17) is 0 Å². The van der Waals surface area contributed by atoms with Crippen molar-refractivity contribution < 1.29 is 0 Å². The van der Waals surface area contributed by atoms with Gasteiger partial charge in [-0.25, -0.2) is 0 Å². The molecule has 1 unspecified atom stereocenters. The van der Waals surface area contributed by atoms with Gasteiger partial charge in [0.1, 0.15) is 0 Å². The highest BCUT2D eigenvalue weighted by Gasteiger charge is 2.13. The Morgan fingerprint density at radius 1 is 1.28 bits per heavy atom. The molecular weight excluding hydrogens is 306 g/mol. The molecule has 0 bridgehead atoms. The fourth-order valence-electron chi connectivity index (χ4n) is 2.20. The number of benzene rings is 1. The molecule has 96 valence electrons. The van der Waals surface area contributed by atoms with Crippen molar-refractivity contribution in [3.63, 3.8) is 0 Å². The fraction of sp³-hybridized carbons (Fsp3) is 0.333. The zero-order chi connectivity index (χ0) is 13.0. The third kappa shape index (κ3) is 3.22. The Morgan fingerprint density at radius 2 is 2.11 bits per heavy atom. The molecule has 1 heterocycles. The molecule has 2 aromatic rings. The lowest BCUT2D eigenvalue weighted by atomic mass is 9.97. The SMILES string of the molecule is CNC(CCc1cccs1)c1cccc(Br)c1C. The first kappa shape index (κ1) is 13.8. The predicted octanol–water partition coefficient (Wildman–Crippen LogP) is 4.71. The average Bonchev–Trinajstić information content (AvgIpc) is 2.88. The minimum absolute atomic E-state index is 0.421. The second kappa shape index (κ2) is 6.50. The molecule has 0 radical (unpaired) electrons. The molecule has 18 heavy (non-hydrogen) atoms. The smallest absolute Gasteiger partial charge is 0.0324 e. The lowest BCUT2D eigenvalue weighted by Gasteiger charge is -2.19. The van der Waals surface area contributed by atoms with Crippen LogP contribution in [0.15, 0.2) is 40.2 Å². The first-order valence-electron chi connectivity index (χ1n) is 6.17. The molecule has 3 heteroatoms. The van der Waals surface area contributed by atoms with Crippen molar-refractivity contribution >= 4 is 27.3 Å². The van der Waals surface area contributed by atoms with Crippen LogP contribution < -0.4 is 5.32 Å². The van der Waals surface area contributed by atoms with Gasteiger partial charge in [0.05, 0.1) is 0 Å². The molecule has 1 aromatic heterocycles. The Labute approximate surface area is 121 Å². The van der Waals surface area contributed by atoms with Crippen molar-refractivity contribution in [3.05, 3.63) is 56.2 Å². The summed E-state index contributed by atoms with van der Waals surface area (Å²) in [5, 5.41) is 5.58. The van der Waals surface area contributed by atoms with Crippen molar-refractivity contribution in [2.24, 2.45) is 0 Å². The standard InChI is InChI=1S/C15H18BrNS/c1-11-13(6-3-7-14(11)16)15(17-2)9-8-12-5-4-10-18-12/h3-7,10,15,17H,8-9H2,1-2H3. The van der Waals surface area contributed by atoms with Crippen LogP contribution in [0, 0.1) is 6.92 Å². The lowest BCUT2D eigenvalue weighted by Crippen LogP contribution is -2.18. The van der Waals surface area contributed by atoms with Crippen molar-refractivity contribution in [2.75, 3.05) is 7.05 Å². The van der Waals surface area contributed by atoms with Gasteiger partial charge >= 0.3 is 0 Å². The quantitative estimate of drug-likeness (QED) is 0.840. The maximum Gasteiger partial charge on any atom is 0.0324 e. The summed E-state index contributed by atoms with van der Waals surface area (Å²) in [5.41, 5.74) is 2.73. The first-order valence-corrected chi connectivity index (χ1v) is 7.84. The van der Waals surface area contributed by atoms with Crippen LogP contribution in [-0.2, 0) is 6.42 Å². The highest BCUT2D eigenvalue weighted by atomic mass is 79.9. The van der Waals surface area contributed by atoms with Gasteiger partial charge in [-0.15, -0.1) is 11.3 Å². The van der Waals surface area contributed by atoms with Crippen molar-refractivity contribution in [1.29, 1.82) is 0 Å². The van der Waals surface area contributed by atoms with Crippen LogP contribution in [0.1, 0.15) is 28.5 Å². The van der Waals surface area contributed by atoms with E-state index in [-0.39, 0.29) is 0 Å². The summed E-state index contributed by atoms with van der Waals surface area (Å²) < 4.78 is 1.19. The van der Waals surface area contributed by atoms with E-state index in [2.05, 4.69) is 63.9 Å². The van der Waals surface area contributed by atoms with E-state index in [9.17, 15) is 0 Å². The summed E-state index contributed by atoms with van der Waals surface area (Å²) in [4.78, 5) is 1.46. The second-order valence-electron chi connectivity index (χ2n) is 4.41. The molecule has 0 aliphatic heterocycles. The van der Waals surface area contributed by atoms with Crippen LogP contribution in [0.2, 0.25) is 0 Å². The second-order valence-corrected chi connectivity index (χ2v) is 6.30. The molecule has 0 aliphatic rings. The number of hydrogen-bond donors (Lipinski definition) is 1. The van der Waals surface area contributed by atoms with Gasteiger partial charge in [0, 0.05) is 15.4 Å². The number of nitrogens with one attached hydrogen (secondary N) is 1. The molecule has 1 aromatic carbocycles. The van der Waals surface area contributed by atoms with Crippen LogP contribution in [-0.4, -0.2) is 7.05 Å². The van der Waals surface area contributed by atoms with Crippen LogP contribution in [0.4, 0.5) is 0 Å². The summed E-state index contributed by atoms with van der Waals surface area (Å²) in [5.74, 6) is 0. The van der Waals surface area contributed by atoms with Crippen LogP contribution in [0.25, 0.3) is 0 Å². The summed E-state index contributed by atoms with van der Waals surface area (Å²) in [6.07, 6.45) is 2.27. The zero-order valence-electron chi connectivity index (χ0n) is 10.7. The monoisotopic (exact) mass is 323 g/mol. The fourth-order valence-corrected chi connectivity index (χ4v) is 3.30. The maximum atomic E-state index is 3.61. The van der Waals surface area contributed by atoms with Crippen molar-refractivity contribution in [3.8, 4) is 0 Å². The Kier molecular flexibility index (Phi) is 4.98. The normalized spacial score (nSPS) is 12.6. The van der Waals surface area contributed by atoms with E-state index in [0.29, 0.717) is 6.04 Å². The molecule has 1 N–H and O–H groups in total. The van der Waals surface area contributed by atoms with E-state index in [1.54, 1.807) is 0 Å². The van der Waals surface area contributed by atoms with Crippen molar-refractivity contribution in [2.45, 2.75) is 25.8 Å². The number of thiophene rings is 1. The van der Waals surface area contributed by atoms with Gasteiger partial charge in [0.15, 0.2) is 0 Å². The molecule has 2 rings (SSSR count). The molecule has 0 saturated heterocycles. The van der Waals surface area contributed by atoms with Crippen molar-refractivity contribution in [1.82, 2.24) is 5.32 Å². The minimum atomic E-state index is 0.421. The Bertz CT molecular complexity index is 493. The molecule has 0 amide bonds. The van der Waals surface area contributed by atoms with Gasteiger partial charge in [0.25, 0.3) is 0 Å². The molecule has 0 saturated carbocycles. The minimum Gasteiger partial charge on any atom is -0.313 e. The van der Waals surface area contributed by atoms with E-state index in [1.807, 2.05) is 18.4 Å². The molecule has 0 fully saturated rings. The Hall–Kier alpha value is -0.640. The average molecular weight is 324 g/mol. The van der Waals surface area contributed by atoms with Gasteiger partial charge in [-0.05, 0) is 55.5 Å². The topological polar surface area (TPSA) is 12.0 Å². The number of halogens is 1. The third-order valence-electron chi connectivity index (χ3n) is 3.29. The van der Waals surface area contributed by atoms with E-state index in [0.717, 1.165) is 12.8 Å². The lowest BCUT2D eigenvalue weighted by molar-refractivity contribution is 0.548. The molecule has 0 aliphatic carbocycles.